The molecule has 0 aromatic heterocycles. The number of rotatable bonds is 8. The molecule has 4 atom stereocenters. The molecule has 26 heavy (non-hydrogen) atoms. The summed E-state index contributed by atoms with van der Waals surface area (Å²) >= 11 is 0. The van der Waals surface area contributed by atoms with Crippen LogP contribution in [0.3, 0.4) is 0 Å². The normalized spacial score (nSPS) is 31.0. The van der Waals surface area contributed by atoms with E-state index in [0.717, 1.165) is 6.42 Å². The lowest BCUT2D eigenvalue weighted by molar-refractivity contribution is -0.764. The second-order valence-electron chi connectivity index (χ2n) is 8.02. The average Bonchev–Trinajstić information content (AvgIpc) is 2.57. The summed E-state index contributed by atoms with van der Waals surface area (Å²) in [5.41, 5.74) is -1.55. The number of nitrogens with zero attached hydrogens (tertiary/aromatic N) is 3. The molecule has 1 rings (SSSR count). The van der Waals surface area contributed by atoms with Gasteiger partial charge in [-0.15, -0.1) is 20.2 Å². The van der Waals surface area contributed by atoms with Crippen molar-refractivity contribution in [2.24, 2.45) is 23.7 Å². The summed E-state index contributed by atoms with van der Waals surface area (Å²) in [7, 11) is 0. The maximum absolute atomic E-state index is 11.0. The van der Waals surface area contributed by atoms with Gasteiger partial charge in [0.15, 0.2) is 0 Å². The molecule has 0 aromatic rings. The minimum absolute atomic E-state index is 0.0118. The SMILES string of the molecule is CCC1C(CO[N+](=O)[O-])C(CO[N+](=O)[O-])C(C)(C)N(O)C(C)(C)C1CC. The Labute approximate surface area is 153 Å². The third-order valence-electron chi connectivity index (χ3n) is 6.13. The number of hydrogen-bond donors (Lipinski definition) is 1. The van der Waals surface area contributed by atoms with Gasteiger partial charge in [-0.3, -0.25) is 0 Å². The molecule has 1 heterocycles. The van der Waals surface area contributed by atoms with Crippen LogP contribution in [0.1, 0.15) is 54.4 Å². The third kappa shape index (κ3) is 4.35. The molecule has 0 radical (unpaired) electrons. The Hall–Kier alpha value is -1.68. The van der Waals surface area contributed by atoms with E-state index in [1.54, 1.807) is 13.8 Å². The van der Waals surface area contributed by atoms with Gasteiger partial charge in [-0.1, -0.05) is 26.7 Å². The second kappa shape index (κ2) is 8.34. The van der Waals surface area contributed by atoms with Crippen LogP contribution >= 0.6 is 0 Å². The monoisotopic (exact) mass is 377 g/mol. The summed E-state index contributed by atoms with van der Waals surface area (Å²) in [6.07, 6.45) is 1.45. The molecular weight excluding hydrogens is 346 g/mol. The third-order valence-corrected chi connectivity index (χ3v) is 6.13. The number of hydroxylamine groups is 2. The highest BCUT2D eigenvalue weighted by molar-refractivity contribution is 5.04. The van der Waals surface area contributed by atoms with Crippen LogP contribution in [0.15, 0.2) is 0 Å². The first-order chi connectivity index (χ1) is 11.9. The van der Waals surface area contributed by atoms with Crippen molar-refractivity contribution in [2.45, 2.75) is 65.5 Å². The minimum atomic E-state index is -0.915. The fourth-order valence-electron chi connectivity index (χ4n) is 4.95. The van der Waals surface area contributed by atoms with Gasteiger partial charge in [-0.2, -0.15) is 5.06 Å². The molecule has 4 unspecified atom stereocenters. The van der Waals surface area contributed by atoms with Crippen LogP contribution in [-0.2, 0) is 9.68 Å². The van der Waals surface area contributed by atoms with Crippen molar-refractivity contribution in [3.05, 3.63) is 20.2 Å². The highest BCUT2D eigenvalue weighted by atomic mass is 17.0. The van der Waals surface area contributed by atoms with Crippen LogP contribution in [0, 0.1) is 43.9 Å². The van der Waals surface area contributed by atoms with Crippen molar-refractivity contribution in [1.82, 2.24) is 5.06 Å². The lowest BCUT2D eigenvalue weighted by Crippen LogP contribution is -2.59. The Balaban J connectivity index is 3.45. The molecule has 0 amide bonds. The Morgan fingerprint density at radius 1 is 0.885 bits per heavy atom. The van der Waals surface area contributed by atoms with E-state index in [1.807, 2.05) is 27.7 Å². The van der Waals surface area contributed by atoms with Gasteiger partial charge < -0.3 is 14.9 Å². The Morgan fingerprint density at radius 2 is 1.35 bits per heavy atom. The molecule has 1 aliphatic rings. The maximum Gasteiger partial charge on any atom is 0.294 e. The fourth-order valence-corrected chi connectivity index (χ4v) is 4.95. The fraction of sp³-hybridized carbons (Fsp3) is 1.00. The van der Waals surface area contributed by atoms with E-state index in [-0.39, 0.29) is 31.0 Å². The molecule has 1 N–H and O–H groups in total. The van der Waals surface area contributed by atoms with Crippen LogP contribution in [0.25, 0.3) is 0 Å². The highest BCUT2D eigenvalue weighted by Gasteiger charge is 2.55. The van der Waals surface area contributed by atoms with Gasteiger partial charge in [-0.25, -0.2) is 0 Å². The van der Waals surface area contributed by atoms with Crippen LogP contribution in [0.5, 0.6) is 0 Å². The van der Waals surface area contributed by atoms with E-state index < -0.39 is 27.2 Å². The van der Waals surface area contributed by atoms with Crippen LogP contribution in [0.2, 0.25) is 0 Å². The van der Waals surface area contributed by atoms with Crippen molar-refractivity contribution in [2.75, 3.05) is 13.2 Å². The summed E-state index contributed by atoms with van der Waals surface area (Å²) < 4.78 is 0. The zero-order valence-electron chi connectivity index (χ0n) is 16.4. The van der Waals surface area contributed by atoms with Crippen LogP contribution < -0.4 is 0 Å². The maximum atomic E-state index is 11.0. The first-order valence-electron chi connectivity index (χ1n) is 8.94. The van der Waals surface area contributed by atoms with Gasteiger partial charge in [0.1, 0.15) is 6.61 Å². The van der Waals surface area contributed by atoms with E-state index in [9.17, 15) is 25.4 Å². The predicted molar refractivity (Wildman–Crippen MR) is 92.2 cm³/mol. The zero-order chi connectivity index (χ0) is 20.3. The summed E-state index contributed by atoms with van der Waals surface area (Å²) in [6.45, 7) is 10.9. The number of hydrogen-bond acceptors (Lipinski definition) is 8. The Kier molecular flexibility index (Phi) is 7.17. The molecular formula is C16H31N3O7. The first-order valence-corrected chi connectivity index (χ1v) is 8.94. The lowest BCUT2D eigenvalue weighted by Gasteiger charge is -2.48. The molecule has 1 fully saturated rings. The van der Waals surface area contributed by atoms with Gasteiger partial charge in [-0.05, 0) is 45.4 Å². The Morgan fingerprint density at radius 3 is 1.77 bits per heavy atom. The zero-order valence-corrected chi connectivity index (χ0v) is 16.4. The quantitative estimate of drug-likeness (QED) is 0.505. The largest absolute Gasteiger partial charge is 0.314 e. The molecule has 1 saturated heterocycles. The average molecular weight is 377 g/mol. The highest BCUT2D eigenvalue weighted by Crippen LogP contribution is 2.50. The smallest absolute Gasteiger partial charge is 0.294 e. The van der Waals surface area contributed by atoms with Crippen molar-refractivity contribution >= 4 is 0 Å². The molecule has 0 aliphatic carbocycles. The van der Waals surface area contributed by atoms with Crippen molar-refractivity contribution in [1.29, 1.82) is 0 Å². The van der Waals surface area contributed by atoms with E-state index in [2.05, 4.69) is 4.84 Å². The van der Waals surface area contributed by atoms with E-state index >= 15 is 0 Å². The molecule has 0 bridgehead atoms. The van der Waals surface area contributed by atoms with E-state index in [4.69, 9.17) is 4.84 Å². The van der Waals surface area contributed by atoms with Gasteiger partial charge in [0.05, 0.1) is 6.61 Å². The van der Waals surface area contributed by atoms with Gasteiger partial charge in [0.2, 0.25) is 0 Å². The van der Waals surface area contributed by atoms with Crippen molar-refractivity contribution < 1.29 is 25.1 Å². The summed E-state index contributed by atoms with van der Waals surface area (Å²) in [4.78, 5) is 30.9. The summed E-state index contributed by atoms with van der Waals surface area (Å²) in [5, 5.41) is 32.1. The second-order valence-corrected chi connectivity index (χ2v) is 8.02. The molecule has 10 nitrogen and oxygen atoms in total. The predicted octanol–water partition coefficient (Wildman–Crippen LogP) is 2.95. The molecule has 0 spiro atoms. The van der Waals surface area contributed by atoms with Gasteiger partial charge in [0.25, 0.3) is 10.2 Å². The van der Waals surface area contributed by atoms with Crippen LogP contribution in [0.4, 0.5) is 0 Å². The Bertz CT molecular complexity index is 512. The molecule has 152 valence electrons. The lowest BCUT2D eigenvalue weighted by atomic mass is 9.67. The van der Waals surface area contributed by atoms with Crippen LogP contribution in [-0.4, -0.2) is 44.7 Å². The van der Waals surface area contributed by atoms with Crippen molar-refractivity contribution in [3.63, 3.8) is 0 Å². The minimum Gasteiger partial charge on any atom is -0.314 e. The van der Waals surface area contributed by atoms with Gasteiger partial charge >= 0.3 is 0 Å². The van der Waals surface area contributed by atoms with E-state index in [1.165, 1.54) is 5.06 Å². The standard InChI is InChI=1S/C16H31N3O7/c1-7-11-12(9-25-18(21)22)14(10-26-19(23)24)16(5,6)17(20)15(3,4)13(11)8-2/h11-14,20H,7-10H2,1-6H3. The van der Waals surface area contributed by atoms with Gasteiger partial charge in [0, 0.05) is 17.0 Å². The molecule has 10 heteroatoms. The first kappa shape index (κ1) is 22.4. The van der Waals surface area contributed by atoms with E-state index in [0.29, 0.717) is 6.42 Å². The topological polar surface area (TPSA) is 128 Å². The molecule has 1 aliphatic heterocycles. The molecule has 0 aromatic carbocycles. The summed E-state index contributed by atoms with van der Waals surface area (Å²) in [5.74, 6) is -0.954. The summed E-state index contributed by atoms with van der Waals surface area (Å²) in [6, 6.07) is 0. The molecule has 0 saturated carbocycles. The van der Waals surface area contributed by atoms with Crippen molar-refractivity contribution in [3.8, 4) is 0 Å².